The summed E-state index contributed by atoms with van der Waals surface area (Å²) >= 11 is 5.35. The van der Waals surface area contributed by atoms with Crippen molar-refractivity contribution >= 4 is 35.1 Å². The highest BCUT2D eigenvalue weighted by Crippen LogP contribution is 2.15. The Hall–Kier alpha value is -3.66. The number of benzene rings is 2. The van der Waals surface area contributed by atoms with E-state index in [0.29, 0.717) is 37.6 Å². The van der Waals surface area contributed by atoms with Gasteiger partial charge < -0.3 is 24.4 Å². The third-order valence-corrected chi connectivity index (χ3v) is 5.20. The number of methoxy groups -OCH3 is 1. The molecule has 0 bridgehead atoms. The van der Waals surface area contributed by atoms with Gasteiger partial charge in [-0.05, 0) is 42.5 Å². The lowest BCUT2D eigenvalue weighted by Crippen LogP contribution is -2.60. The third-order valence-electron chi connectivity index (χ3n) is 4.86. The maximum absolute atomic E-state index is 12.7. The molecule has 2 amide bonds. The highest BCUT2D eigenvalue weighted by atomic mass is 32.1. The van der Waals surface area contributed by atoms with Crippen LogP contribution in [0.4, 0.5) is 0 Å². The van der Waals surface area contributed by atoms with Gasteiger partial charge in [0.25, 0.3) is 5.91 Å². The van der Waals surface area contributed by atoms with Crippen LogP contribution in [0.15, 0.2) is 54.6 Å². The Kier molecular flexibility index (Phi) is 8.59. The Balaban J connectivity index is 1.55. The van der Waals surface area contributed by atoms with Crippen molar-refractivity contribution in [3.05, 3.63) is 60.2 Å². The van der Waals surface area contributed by atoms with E-state index in [0.717, 1.165) is 5.75 Å². The van der Waals surface area contributed by atoms with Gasteiger partial charge in [0, 0.05) is 18.7 Å². The van der Waals surface area contributed by atoms with Gasteiger partial charge in [-0.1, -0.05) is 24.3 Å². The van der Waals surface area contributed by atoms with Crippen LogP contribution in [0.5, 0.6) is 11.5 Å². The number of ether oxygens (including phenoxy) is 3. The molecule has 1 aliphatic heterocycles. The summed E-state index contributed by atoms with van der Waals surface area (Å²) in [6.07, 6.45) is -0.174. The van der Waals surface area contributed by atoms with Crippen LogP contribution in [0.1, 0.15) is 16.8 Å². The Bertz CT molecular complexity index is 1000. The Morgan fingerprint density at radius 3 is 2.52 bits per heavy atom. The molecule has 0 aliphatic carbocycles. The number of esters is 1. The number of hydrogen-bond acceptors (Lipinski definition) is 7. The molecule has 1 saturated heterocycles. The minimum atomic E-state index is -0.849. The number of piperazine rings is 1. The molecule has 0 aromatic heterocycles. The van der Waals surface area contributed by atoms with Crippen LogP contribution in [0, 0.1) is 0 Å². The Morgan fingerprint density at radius 2 is 1.79 bits per heavy atom. The predicted octanol–water partition coefficient (Wildman–Crippen LogP) is 1.52. The van der Waals surface area contributed by atoms with Crippen LogP contribution in [0.25, 0.3) is 0 Å². The van der Waals surface area contributed by atoms with E-state index in [1.807, 2.05) is 30.3 Å². The number of carbonyl (C=O) groups excluding carboxylic acids is 3. The number of thiocarbonyl (C=S) groups is 1. The van der Waals surface area contributed by atoms with Crippen LogP contribution in [0.3, 0.4) is 0 Å². The van der Waals surface area contributed by atoms with E-state index in [1.54, 1.807) is 24.3 Å². The number of amides is 2. The van der Waals surface area contributed by atoms with E-state index in [-0.39, 0.29) is 17.4 Å². The van der Waals surface area contributed by atoms with Crippen molar-refractivity contribution in [3.8, 4) is 11.5 Å². The fraction of sp³-hybridized carbons (Fsp3) is 0.304. The van der Waals surface area contributed by atoms with Crippen LogP contribution in [-0.4, -0.2) is 67.3 Å². The summed E-state index contributed by atoms with van der Waals surface area (Å²) in [6, 6.07) is 15.2. The second-order valence-electron chi connectivity index (χ2n) is 7.08. The van der Waals surface area contributed by atoms with Crippen LogP contribution < -0.4 is 20.1 Å². The van der Waals surface area contributed by atoms with Crippen LogP contribution in [-0.2, 0) is 14.3 Å². The number of rotatable bonds is 8. The summed E-state index contributed by atoms with van der Waals surface area (Å²) in [4.78, 5) is 38.2. The number of nitrogens with zero attached hydrogens (tertiary/aromatic N) is 1. The molecule has 1 heterocycles. The van der Waals surface area contributed by atoms with Crippen molar-refractivity contribution in [2.45, 2.75) is 12.5 Å². The molecular formula is C23H25N3O6S. The zero-order valence-electron chi connectivity index (χ0n) is 18.1. The van der Waals surface area contributed by atoms with Crippen molar-refractivity contribution < 1.29 is 28.6 Å². The van der Waals surface area contributed by atoms with E-state index >= 15 is 0 Å². The summed E-state index contributed by atoms with van der Waals surface area (Å²) in [7, 11) is 1.25. The van der Waals surface area contributed by atoms with Gasteiger partial charge in [0.05, 0.1) is 13.5 Å². The van der Waals surface area contributed by atoms with E-state index in [1.165, 1.54) is 12.0 Å². The molecule has 0 saturated carbocycles. The van der Waals surface area contributed by atoms with Gasteiger partial charge in [-0.25, -0.2) is 0 Å². The standard InChI is InChI=1S/C23H25N3O6S/c1-30-20(27)15-19-22(29)24-10-11-26(19)23(33)25-21(28)16-6-5-9-18(14-16)32-13-12-31-17-7-3-2-4-8-17/h2-9,14,19H,10-13,15H2,1H3,(H,24,29)(H,25,28,33). The van der Waals surface area contributed by atoms with E-state index < -0.39 is 17.9 Å². The fourth-order valence-corrected chi connectivity index (χ4v) is 3.52. The molecule has 2 aromatic carbocycles. The summed E-state index contributed by atoms with van der Waals surface area (Å²) in [5.74, 6) is -0.0896. The smallest absolute Gasteiger partial charge is 0.308 e. The van der Waals surface area contributed by atoms with Gasteiger partial charge in [0.2, 0.25) is 5.91 Å². The van der Waals surface area contributed by atoms with Gasteiger partial charge in [0.15, 0.2) is 5.11 Å². The molecule has 1 aliphatic rings. The van der Waals surface area contributed by atoms with Crippen LogP contribution in [0.2, 0.25) is 0 Å². The molecule has 33 heavy (non-hydrogen) atoms. The number of para-hydroxylation sites is 1. The zero-order valence-corrected chi connectivity index (χ0v) is 18.9. The molecule has 9 nitrogen and oxygen atoms in total. The molecule has 0 spiro atoms. The first-order valence-electron chi connectivity index (χ1n) is 10.3. The molecular weight excluding hydrogens is 446 g/mol. The molecule has 2 aromatic rings. The first-order valence-corrected chi connectivity index (χ1v) is 10.8. The van der Waals surface area contributed by atoms with Gasteiger partial charge in [-0.2, -0.15) is 0 Å². The quantitative estimate of drug-likeness (QED) is 0.339. The van der Waals surface area contributed by atoms with Crippen molar-refractivity contribution in [2.24, 2.45) is 0 Å². The summed E-state index contributed by atoms with van der Waals surface area (Å²) in [6.45, 7) is 1.36. The minimum Gasteiger partial charge on any atom is -0.490 e. The lowest BCUT2D eigenvalue weighted by atomic mass is 10.1. The van der Waals surface area contributed by atoms with Crippen molar-refractivity contribution in [1.82, 2.24) is 15.5 Å². The van der Waals surface area contributed by atoms with Gasteiger partial charge >= 0.3 is 5.97 Å². The highest BCUT2D eigenvalue weighted by Gasteiger charge is 2.34. The maximum Gasteiger partial charge on any atom is 0.308 e. The molecule has 1 fully saturated rings. The van der Waals surface area contributed by atoms with Gasteiger partial charge in [-0.3, -0.25) is 19.7 Å². The molecule has 0 radical (unpaired) electrons. The molecule has 1 unspecified atom stereocenters. The predicted molar refractivity (Wildman–Crippen MR) is 124 cm³/mol. The molecule has 174 valence electrons. The van der Waals surface area contributed by atoms with Crippen molar-refractivity contribution in [1.29, 1.82) is 0 Å². The third kappa shape index (κ3) is 6.91. The zero-order chi connectivity index (χ0) is 23.6. The first kappa shape index (κ1) is 24.0. The lowest BCUT2D eigenvalue weighted by molar-refractivity contribution is -0.144. The first-order chi connectivity index (χ1) is 16.0. The van der Waals surface area contributed by atoms with E-state index in [2.05, 4.69) is 15.4 Å². The average Bonchev–Trinajstić information content (AvgIpc) is 2.83. The van der Waals surface area contributed by atoms with Crippen molar-refractivity contribution in [2.75, 3.05) is 33.4 Å². The molecule has 1 atom stereocenters. The largest absolute Gasteiger partial charge is 0.490 e. The highest BCUT2D eigenvalue weighted by molar-refractivity contribution is 7.80. The Labute approximate surface area is 197 Å². The van der Waals surface area contributed by atoms with Crippen molar-refractivity contribution in [3.63, 3.8) is 0 Å². The van der Waals surface area contributed by atoms with E-state index in [4.69, 9.17) is 21.7 Å². The fourth-order valence-electron chi connectivity index (χ4n) is 3.21. The monoisotopic (exact) mass is 471 g/mol. The maximum atomic E-state index is 12.7. The second kappa shape index (κ2) is 11.8. The van der Waals surface area contributed by atoms with E-state index in [9.17, 15) is 14.4 Å². The average molecular weight is 472 g/mol. The summed E-state index contributed by atoms with van der Waals surface area (Å²) in [5, 5.41) is 5.38. The van der Waals surface area contributed by atoms with Gasteiger partial charge in [0.1, 0.15) is 30.8 Å². The number of hydrogen-bond donors (Lipinski definition) is 2. The number of nitrogens with one attached hydrogen (secondary N) is 2. The molecule has 2 N–H and O–H groups in total. The van der Waals surface area contributed by atoms with Crippen LogP contribution >= 0.6 is 12.2 Å². The Morgan fingerprint density at radius 1 is 1.09 bits per heavy atom. The normalized spacial score (nSPS) is 15.2. The minimum absolute atomic E-state index is 0.0614. The number of carbonyl (C=O) groups is 3. The van der Waals surface area contributed by atoms with Gasteiger partial charge in [-0.15, -0.1) is 0 Å². The second-order valence-corrected chi connectivity index (χ2v) is 7.46. The summed E-state index contributed by atoms with van der Waals surface area (Å²) in [5.41, 5.74) is 0.338. The lowest BCUT2D eigenvalue weighted by Gasteiger charge is -2.36. The molecule has 3 rings (SSSR count). The molecule has 10 heteroatoms. The summed E-state index contributed by atoms with van der Waals surface area (Å²) < 4.78 is 15.9. The topological polar surface area (TPSA) is 106 Å². The SMILES string of the molecule is COC(=O)CC1C(=O)NCCN1C(=S)NC(=O)c1cccc(OCCOc2ccccc2)c1.